The Morgan fingerprint density at radius 3 is 2.75 bits per heavy atom. The van der Waals surface area contributed by atoms with Crippen LogP contribution in [0.3, 0.4) is 0 Å². The van der Waals surface area contributed by atoms with E-state index in [1.807, 2.05) is 19.1 Å². The monoisotopic (exact) mass is 220 g/mol. The lowest BCUT2D eigenvalue weighted by atomic mass is 9.93. The molecular weight excluding hydrogens is 200 g/mol. The Balaban J connectivity index is 2.04. The maximum Gasteiger partial charge on any atom is 0.119 e. The van der Waals surface area contributed by atoms with E-state index in [1.165, 1.54) is 5.56 Å². The third-order valence-corrected chi connectivity index (χ3v) is 3.50. The van der Waals surface area contributed by atoms with Crippen molar-refractivity contribution in [2.75, 3.05) is 0 Å². The van der Waals surface area contributed by atoms with Crippen LogP contribution in [0.2, 0.25) is 0 Å². The van der Waals surface area contributed by atoms with E-state index in [2.05, 4.69) is 13.8 Å². The van der Waals surface area contributed by atoms with Crippen LogP contribution in [0.25, 0.3) is 0 Å². The number of benzene rings is 1. The molecule has 0 amide bonds. The van der Waals surface area contributed by atoms with Crippen molar-refractivity contribution in [2.45, 2.75) is 45.8 Å². The minimum absolute atomic E-state index is 0.393. The molecule has 1 aromatic carbocycles. The van der Waals surface area contributed by atoms with E-state index in [-0.39, 0.29) is 0 Å². The summed E-state index contributed by atoms with van der Waals surface area (Å²) >= 11 is 0. The van der Waals surface area contributed by atoms with Crippen LogP contribution in [0.1, 0.15) is 31.4 Å². The van der Waals surface area contributed by atoms with Crippen molar-refractivity contribution >= 4 is 0 Å². The molecular formula is C14H20O2. The third kappa shape index (κ3) is 2.22. The first-order valence-corrected chi connectivity index (χ1v) is 6.06. The molecule has 1 aliphatic rings. The van der Waals surface area contributed by atoms with Gasteiger partial charge in [0.05, 0.1) is 12.2 Å². The van der Waals surface area contributed by atoms with Gasteiger partial charge in [-0.05, 0) is 42.9 Å². The smallest absolute Gasteiger partial charge is 0.119 e. The second kappa shape index (κ2) is 4.46. The van der Waals surface area contributed by atoms with E-state index in [9.17, 15) is 5.11 Å². The topological polar surface area (TPSA) is 32.8 Å². The van der Waals surface area contributed by atoms with Crippen LogP contribution in [-0.2, 0) is 11.2 Å². The molecule has 0 aromatic heterocycles. The predicted octanol–water partition coefficient (Wildman–Crippen LogP) is 3.06. The second-order valence-electron chi connectivity index (χ2n) is 4.80. The molecule has 0 spiro atoms. The molecule has 0 bridgehead atoms. The molecule has 3 atom stereocenters. The Bertz CT molecular complexity index is 353. The summed E-state index contributed by atoms with van der Waals surface area (Å²) < 4.78 is 5.60. The molecule has 1 heterocycles. The van der Waals surface area contributed by atoms with E-state index in [0.717, 1.165) is 18.4 Å². The first kappa shape index (κ1) is 11.5. The molecule has 1 aromatic rings. The summed E-state index contributed by atoms with van der Waals surface area (Å²) in [6.45, 7) is 6.40. The van der Waals surface area contributed by atoms with Crippen LogP contribution in [0.4, 0.5) is 0 Å². The van der Waals surface area contributed by atoms with Gasteiger partial charge in [-0.25, -0.2) is 0 Å². The minimum Gasteiger partial charge on any atom is -0.508 e. The van der Waals surface area contributed by atoms with Crippen LogP contribution >= 0.6 is 0 Å². The fourth-order valence-corrected chi connectivity index (χ4v) is 2.38. The normalized spacial score (nSPS) is 25.4. The molecule has 0 aliphatic carbocycles. The number of phenols is 1. The van der Waals surface area contributed by atoms with Crippen molar-refractivity contribution in [3.05, 3.63) is 29.3 Å². The van der Waals surface area contributed by atoms with Gasteiger partial charge in [-0.15, -0.1) is 0 Å². The summed E-state index contributed by atoms with van der Waals surface area (Å²) in [5, 5.41) is 9.82. The molecule has 3 unspecified atom stereocenters. The molecule has 1 fully saturated rings. The quantitative estimate of drug-likeness (QED) is 0.791. The lowest BCUT2D eigenvalue weighted by Gasteiger charge is -2.12. The highest BCUT2D eigenvalue weighted by Crippen LogP contribution is 2.35. The van der Waals surface area contributed by atoms with Gasteiger partial charge in [0.2, 0.25) is 0 Å². The van der Waals surface area contributed by atoms with E-state index >= 15 is 0 Å². The van der Waals surface area contributed by atoms with E-state index in [1.54, 1.807) is 6.07 Å². The summed E-state index contributed by atoms with van der Waals surface area (Å²) in [5.41, 5.74) is 2.24. The van der Waals surface area contributed by atoms with Crippen LogP contribution in [0.15, 0.2) is 18.2 Å². The molecule has 16 heavy (non-hydrogen) atoms. The maximum absolute atomic E-state index is 9.82. The molecule has 0 radical (unpaired) electrons. The van der Waals surface area contributed by atoms with Gasteiger partial charge >= 0.3 is 0 Å². The molecule has 1 saturated heterocycles. The third-order valence-electron chi connectivity index (χ3n) is 3.50. The Morgan fingerprint density at radius 1 is 1.44 bits per heavy atom. The summed E-state index contributed by atoms with van der Waals surface area (Å²) in [6, 6.07) is 5.70. The first-order valence-electron chi connectivity index (χ1n) is 6.06. The van der Waals surface area contributed by atoms with Crippen molar-refractivity contribution in [3.63, 3.8) is 0 Å². The molecule has 88 valence electrons. The number of aromatic hydroxyl groups is 1. The maximum atomic E-state index is 9.82. The predicted molar refractivity (Wildman–Crippen MR) is 64.7 cm³/mol. The summed E-state index contributed by atoms with van der Waals surface area (Å²) in [6.07, 6.45) is 2.83. The zero-order chi connectivity index (χ0) is 11.7. The van der Waals surface area contributed by atoms with Gasteiger partial charge in [0.1, 0.15) is 5.75 Å². The highest BCUT2D eigenvalue weighted by Gasteiger charge is 2.41. The molecule has 1 aliphatic heterocycles. The zero-order valence-electron chi connectivity index (χ0n) is 10.2. The molecule has 2 heteroatoms. The number of epoxide rings is 1. The van der Waals surface area contributed by atoms with Gasteiger partial charge in [0.15, 0.2) is 0 Å². The minimum atomic E-state index is 0.393. The molecule has 2 nitrogen and oxygen atoms in total. The largest absolute Gasteiger partial charge is 0.508 e. The lowest BCUT2D eigenvalue weighted by Crippen LogP contribution is -2.10. The summed E-state index contributed by atoms with van der Waals surface area (Å²) in [7, 11) is 0. The van der Waals surface area contributed by atoms with Gasteiger partial charge in [0.25, 0.3) is 0 Å². The van der Waals surface area contributed by atoms with Gasteiger partial charge in [-0.1, -0.05) is 26.0 Å². The van der Waals surface area contributed by atoms with Crippen molar-refractivity contribution in [1.82, 2.24) is 0 Å². The van der Waals surface area contributed by atoms with Crippen molar-refractivity contribution in [1.29, 1.82) is 0 Å². The van der Waals surface area contributed by atoms with Crippen LogP contribution < -0.4 is 0 Å². The van der Waals surface area contributed by atoms with E-state index in [4.69, 9.17) is 4.74 Å². The Morgan fingerprint density at radius 2 is 2.19 bits per heavy atom. The van der Waals surface area contributed by atoms with E-state index in [0.29, 0.717) is 23.9 Å². The highest BCUT2D eigenvalue weighted by molar-refractivity contribution is 5.38. The average Bonchev–Trinajstić information content (AvgIpc) is 3.02. The number of phenolic OH excluding ortho intramolecular Hbond substituents is 1. The number of aryl methyl sites for hydroxylation is 1. The highest BCUT2D eigenvalue weighted by atomic mass is 16.6. The van der Waals surface area contributed by atoms with Crippen molar-refractivity contribution in [2.24, 2.45) is 5.92 Å². The molecule has 2 rings (SSSR count). The number of rotatable bonds is 4. The average molecular weight is 220 g/mol. The van der Waals surface area contributed by atoms with Crippen molar-refractivity contribution in [3.8, 4) is 5.75 Å². The summed E-state index contributed by atoms with van der Waals surface area (Å²) in [5.74, 6) is 0.900. The Labute approximate surface area is 97.3 Å². The fourth-order valence-electron chi connectivity index (χ4n) is 2.38. The molecule has 1 N–H and O–H groups in total. The fraction of sp³-hybridized carbons (Fsp3) is 0.571. The summed E-state index contributed by atoms with van der Waals surface area (Å²) in [4.78, 5) is 0. The van der Waals surface area contributed by atoms with Gasteiger partial charge in [-0.2, -0.15) is 0 Å². The van der Waals surface area contributed by atoms with Gasteiger partial charge in [0, 0.05) is 0 Å². The first-order chi connectivity index (χ1) is 7.63. The number of ether oxygens (including phenoxy) is 1. The Hall–Kier alpha value is -1.02. The standard InChI is InChI=1S/C14H20O2/c1-4-13-14(16-13)10(3)8-11-9(2)6-5-7-12(11)15/h5-7,10,13-15H,4,8H2,1-3H3. The van der Waals surface area contributed by atoms with Crippen LogP contribution in [-0.4, -0.2) is 17.3 Å². The SMILES string of the molecule is CCC1OC1C(C)Cc1c(C)cccc1O. The second-order valence-corrected chi connectivity index (χ2v) is 4.80. The zero-order valence-corrected chi connectivity index (χ0v) is 10.2. The number of hydrogen-bond acceptors (Lipinski definition) is 2. The lowest BCUT2D eigenvalue weighted by molar-refractivity contribution is 0.321. The van der Waals surface area contributed by atoms with Crippen LogP contribution in [0.5, 0.6) is 5.75 Å². The van der Waals surface area contributed by atoms with Crippen molar-refractivity contribution < 1.29 is 9.84 Å². The van der Waals surface area contributed by atoms with Gasteiger partial charge in [-0.3, -0.25) is 0 Å². The molecule has 0 saturated carbocycles. The van der Waals surface area contributed by atoms with Gasteiger partial charge < -0.3 is 9.84 Å². The van der Waals surface area contributed by atoms with Crippen LogP contribution in [0, 0.1) is 12.8 Å². The van der Waals surface area contributed by atoms with E-state index < -0.39 is 0 Å². The Kier molecular flexibility index (Phi) is 3.20. The number of hydrogen-bond donors (Lipinski definition) is 1.